The average molecular weight is 457 g/mol. The number of hydrogen-bond acceptors (Lipinski definition) is 7. The maximum absolute atomic E-state index is 14.0. The zero-order chi connectivity index (χ0) is 23.8. The maximum atomic E-state index is 14.0. The van der Waals surface area contributed by atoms with Crippen LogP contribution in [0.4, 0.5) is 16.0 Å². The Morgan fingerprint density at radius 2 is 1.88 bits per heavy atom. The number of nitrogen functional groups attached to an aromatic ring is 1. The number of hydrogen-bond donors (Lipinski definition) is 3. The van der Waals surface area contributed by atoms with E-state index in [0.29, 0.717) is 34.0 Å². The van der Waals surface area contributed by atoms with Crippen molar-refractivity contribution in [1.82, 2.24) is 24.1 Å². The van der Waals surface area contributed by atoms with Gasteiger partial charge in [-0.2, -0.15) is 5.10 Å². The Bertz CT molecular complexity index is 1540. The summed E-state index contributed by atoms with van der Waals surface area (Å²) < 4.78 is 17.1. The topological polar surface area (TPSA) is 123 Å². The number of anilines is 2. The Morgan fingerprint density at radius 1 is 1.09 bits per heavy atom. The third-order valence-electron chi connectivity index (χ3n) is 5.39. The zero-order valence-electron chi connectivity index (χ0n) is 18.1. The van der Waals surface area contributed by atoms with Crippen LogP contribution < -0.4 is 16.6 Å². The molecule has 2 aromatic carbocycles. The van der Waals surface area contributed by atoms with Gasteiger partial charge in [-0.15, -0.1) is 0 Å². The van der Waals surface area contributed by atoms with Crippen LogP contribution in [-0.2, 0) is 0 Å². The van der Waals surface area contributed by atoms with E-state index in [0.717, 1.165) is 6.07 Å². The first-order valence-corrected chi connectivity index (χ1v) is 10.4. The average Bonchev–Trinajstić information content (AvgIpc) is 3.28. The molecule has 0 bridgehead atoms. The summed E-state index contributed by atoms with van der Waals surface area (Å²) in [5.74, 6) is -0.0645. The molecule has 1 atom stereocenters. The fourth-order valence-corrected chi connectivity index (χ4v) is 3.89. The molecule has 0 aliphatic rings. The van der Waals surface area contributed by atoms with Gasteiger partial charge in [0.15, 0.2) is 5.82 Å². The van der Waals surface area contributed by atoms with E-state index in [4.69, 9.17) is 5.73 Å². The van der Waals surface area contributed by atoms with Crippen molar-refractivity contribution in [2.75, 3.05) is 11.1 Å². The van der Waals surface area contributed by atoms with Crippen molar-refractivity contribution >= 4 is 17.2 Å². The highest BCUT2D eigenvalue weighted by Crippen LogP contribution is 2.34. The van der Waals surface area contributed by atoms with Crippen LogP contribution in [0.1, 0.15) is 18.8 Å². The molecule has 0 spiro atoms. The van der Waals surface area contributed by atoms with Crippen molar-refractivity contribution in [3.63, 3.8) is 0 Å². The van der Waals surface area contributed by atoms with Crippen LogP contribution in [0.15, 0.2) is 78.0 Å². The number of phenols is 1. The molecule has 0 aliphatic heterocycles. The second-order valence-corrected chi connectivity index (χ2v) is 7.72. The molecular weight excluding hydrogens is 437 g/mol. The SMILES string of the molecule is CC(Nc1ncnc(N)c1-c1cc(O)cc(F)c1)c1nn2cccc2c(=O)n1-c1ccccc1. The predicted octanol–water partition coefficient (Wildman–Crippen LogP) is 3.54. The first-order chi connectivity index (χ1) is 16.4. The van der Waals surface area contributed by atoms with Gasteiger partial charge in [-0.3, -0.25) is 9.36 Å². The Hall–Kier alpha value is -4.73. The lowest BCUT2D eigenvalue weighted by atomic mass is 10.1. The Balaban J connectivity index is 1.64. The molecule has 5 rings (SSSR count). The first-order valence-electron chi connectivity index (χ1n) is 10.4. The lowest BCUT2D eigenvalue weighted by Crippen LogP contribution is -2.29. The van der Waals surface area contributed by atoms with Gasteiger partial charge in [0.2, 0.25) is 0 Å². The van der Waals surface area contributed by atoms with E-state index in [1.165, 1.54) is 27.5 Å². The molecule has 1 unspecified atom stereocenters. The minimum absolute atomic E-state index is 0.101. The van der Waals surface area contributed by atoms with Gasteiger partial charge >= 0.3 is 0 Å². The lowest BCUT2D eigenvalue weighted by molar-refractivity contribution is 0.469. The molecule has 0 aliphatic carbocycles. The third-order valence-corrected chi connectivity index (χ3v) is 5.39. The van der Waals surface area contributed by atoms with E-state index in [2.05, 4.69) is 20.4 Å². The summed E-state index contributed by atoms with van der Waals surface area (Å²) in [6, 6.07) is 15.7. The van der Waals surface area contributed by atoms with Crippen LogP contribution in [0.25, 0.3) is 22.3 Å². The summed E-state index contributed by atoms with van der Waals surface area (Å²) in [5, 5.41) is 17.8. The number of halogens is 1. The highest BCUT2D eigenvalue weighted by Gasteiger charge is 2.21. The van der Waals surface area contributed by atoms with E-state index in [9.17, 15) is 14.3 Å². The van der Waals surface area contributed by atoms with Gasteiger partial charge in [0.1, 0.15) is 35.0 Å². The quantitative estimate of drug-likeness (QED) is 0.369. The van der Waals surface area contributed by atoms with Crippen LogP contribution in [-0.4, -0.2) is 29.3 Å². The smallest absolute Gasteiger partial charge is 0.282 e. The second-order valence-electron chi connectivity index (χ2n) is 7.72. The minimum atomic E-state index is -0.630. The van der Waals surface area contributed by atoms with Gasteiger partial charge in [-0.25, -0.2) is 18.9 Å². The molecule has 3 aromatic heterocycles. The molecule has 4 N–H and O–H groups in total. The molecular formula is C24H20FN7O2. The van der Waals surface area contributed by atoms with E-state index in [1.54, 1.807) is 18.3 Å². The molecule has 0 saturated carbocycles. The van der Waals surface area contributed by atoms with Crippen LogP contribution >= 0.6 is 0 Å². The Labute approximate surface area is 193 Å². The number of nitrogens with zero attached hydrogens (tertiary/aromatic N) is 5. The summed E-state index contributed by atoms with van der Waals surface area (Å²) in [6.07, 6.45) is 2.98. The minimum Gasteiger partial charge on any atom is -0.508 e. The molecule has 0 fully saturated rings. The number of aromatic nitrogens is 5. The van der Waals surface area contributed by atoms with Gasteiger partial charge in [-0.1, -0.05) is 18.2 Å². The van der Waals surface area contributed by atoms with Crippen molar-refractivity contribution in [2.24, 2.45) is 0 Å². The normalized spacial score (nSPS) is 12.1. The lowest BCUT2D eigenvalue weighted by Gasteiger charge is -2.21. The number of rotatable bonds is 5. The van der Waals surface area contributed by atoms with Gasteiger partial charge in [0.25, 0.3) is 5.56 Å². The largest absolute Gasteiger partial charge is 0.508 e. The monoisotopic (exact) mass is 457 g/mol. The summed E-state index contributed by atoms with van der Waals surface area (Å²) in [6.45, 7) is 1.82. The number of phenolic OH excluding ortho intramolecular Hbond substituents is 1. The van der Waals surface area contributed by atoms with Gasteiger partial charge < -0.3 is 16.2 Å². The maximum Gasteiger partial charge on any atom is 0.282 e. The highest BCUT2D eigenvalue weighted by molar-refractivity contribution is 5.84. The van der Waals surface area contributed by atoms with Crippen molar-refractivity contribution in [3.05, 3.63) is 95.2 Å². The predicted molar refractivity (Wildman–Crippen MR) is 126 cm³/mol. The molecule has 34 heavy (non-hydrogen) atoms. The Kier molecular flexibility index (Phi) is 5.17. The van der Waals surface area contributed by atoms with Crippen molar-refractivity contribution in [1.29, 1.82) is 0 Å². The van der Waals surface area contributed by atoms with E-state index in [-0.39, 0.29) is 17.1 Å². The molecule has 0 saturated heterocycles. The number of para-hydroxylation sites is 1. The standard InChI is InChI=1S/C24H20FN7O2/c1-14(29-22-20(21(26)27-13-28-22)15-10-16(25)12-18(33)11-15)23-30-31-9-5-8-19(31)24(34)32(23)17-6-3-2-4-7-17/h2-14,33H,1H3,(H3,26,27,28,29). The number of fused-ring (bicyclic) bond motifs is 1. The molecule has 3 heterocycles. The number of nitrogens with one attached hydrogen (secondary N) is 1. The van der Waals surface area contributed by atoms with E-state index >= 15 is 0 Å². The summed E-state index contributed by atoms with van der Waals surface area (Å²) in [4.78, 5) is 21.7. The molecule has 170 valence electrons. The fraction of sp³-hybridized carbons (Fsp3) is 0.0833. The van der Waals surface area contributed by atoms with Crippen LogP contribution in [0.5, 0.6) is 5.75 Å². The van der Waals surface area contributed by atoms with Gasteiger partial charge in [-0.05, 0) is 48.9 Å². The van der Waals surface area contributed by atoms with E-state index < -0.39 is 11.9 Å². The van der Waals surface area contributed by atoms with E-state index in [1.807, 2.05) is 37.3 Å². The first kappa shape index (κ1) is 21.1. The number of aromatic hydroxyl groups is 1. The number of benzene rings is 2. The van der Waals surface area contributed by atoms with Crippen molar-refractivity contribution < 1.29 is 9.50 Å². The Morgan fingerprint density at radius 3 is 2.65 bits per heavy atom. The summed E-state index contributed by atoms with van der Waals surface area (Å²) in [7, 11) is 0. The van der Waals surface area contributed by atoms with Gasteiger partial charge in [0, 0.05) is 12.3 Å². The molecule has 0 radical (unpaired) electrons. The molecule has 10 heteroatoms. The second kappa shape index (κ2) is 8.32. The molecule has 5 aromatic rings. The zero-order valence-corrected chi connectivity index (χ0v) is 18.1. The molecule has 0 amide bonds. The highest BCUT2D eigenvalue weighted by atomic mass is 19.1. The third kappa shape index (κ3) is 3.71. The van der Waals surface area contributed by atoms with Gasteiger partial charge in [0.05, 0.1) is 17.3 Å². The fourth-order valence-electron chi connectivity index (χ4n) is 3.89. The molecule has 9 nitrogen and oxygen atoms in total. The summed E-state index contributed by atoms with van der Waals surface area (Å²) >= 11 is 0. The van der Waals surface area contributed by atoms with Crippen molar-refractivity contribution in [2.45, 2.75) is 13.0 Å². The number of nitrogens with two attached hydrogens (primary N) is 1. The van der Waals surface area contributed by atoms with Crippen LogP contribution in [0, 0.1) is 5.82 Å². The summed E-state index contributed by atoms with van der Waals surface area (Å²) in [5.41, 5.74) is 7.59. The van der Waals surface area contributed by atoms with Crippen LogP contribution in [0.3, 0.4) is 0 Å². The van der Waals surface area contributed by atoms with Crippen molar-refractivity contribution in [3.8, 4) is 22.6 Å². The van der Waals surface area contributed by atoms with Crippen LogP contribution in [0.2, 0.25) is 0 Å².